The molecule has 1 aliphatic heterocycles. The molecule has 0 saturated heterocycles. The summed E-state index contributed by atoms with van der Waals surface area (Å²) in [4.78, 5) is 26.5. The average molecular weight is 505 g/mol. The van der Waals surface area contributed by atoms with Gasteiger partial charge in [0.25, 0.3) is 5.91 Å². The molecule has 0 fully saturated rings. The van der Waals surface area contributed by atoms with Gasteiger partial charge in [0.2, 0.25) is 0 Å². The average Bonchev–Trinajstić information content (AvgIpc) is 3.02. The molecule has 3 aromatic carbocycles. The molecule has 0 radical (unpaired) electrons. The molecule has 4 rings (SSSR count). The van der Waals surface area contributed by atoms with E-state index in [4.69, 9.17) is 16.3 Å². The van der Waals surface area contributed by atoms with Gasteiger partial charge in [-0.15, -0.1) is 0 Å². The van der Waals surface area contributed by atoms with Crippen LogP contribution in [-0.2, 0) is 6.54 Å². The number of aromatic carboxylic acids is 1. The molecule has 3 aromatic rings. The Balaban J connectivity index is 1.87. The van der Waals surface area contributed by atoms with Crippen LogP contribution in [-0.4, -0.2) is 29.0 Å². The summed E-state index contributed by atoms with van der Waals surface area (Å²) in [7, 11) is 1.56. The van der Waals surface area contributed by atoms with Gasteiger partial charge in [-0.05, 0) is 48.0 Å². The molecule has 1 amide bonds. The first-order valence-corrected chi connectivity index (χ1v) is 10.4. The fraction of sp³-hybridized carbons (Fsp3) is 0.130. The summed E-state index contributed by atoms with van der Waals surface area (Å²) >= 11 is 9.81. The number of amides is 1. The minimum atomic E-state index is -1.15. The highest BCUT2D eigenvalue weighted by atomic mass is 79.9. The number of nitrogens with zero attached hydrogens (tertiary/aromatic N) is 1. The lowest BCUT2D eigenvalue weighted by molar-refractivity contribution is 0.0696. The normalized spacial score (nSPS) is 15.2. The highest BCUT2D eigenvalue weighted by Gasteiger charge is 2.41. The second kappa shape index (κ2) is 8.32. The number of benzene rings is 3. The maximum Gasteiger partial charge on any atom is 0.335 e. The van der Waals surface area contributed by atoms with E-state index < -0.39 is 17.8 Å². The summed E-state index contributed by atoms with van der Waals surface area (Å²) in [5.41, 5.74) is 2.02. The summed E-state index contributed by atoms with van der Waals surface area (Å²) in [6.45, 7) is 0.212. The first kappa shape index (κ1) is 21.3. The number of carbonyl (C=O) groups excluding carboxylic acids is 1. The van der Waals surface area contributed by atoms with Gasteiger partial charge < -0.3 is 14.7 Å². The number of hydrogen-bond acceptors (Lipinski definition) is 3. The van der Waals surface area contributed by atoms with Crippen LogP contribution in [0.15, 0.2) is 59.1 Å². The molecule has 8 heteroatoms. The molecule has 1 N–H and O–H groups in total. The van der Waals surface area contributed by atoms with E-state index in [9.17, 15) is 19.1 Å². The zero-order valence-electron chi connectivity index (χ0n) is 16.2. The predicted molar refractivity (Wildman–Crippen MR) is 117 cm³/mol. The minimum absolute atomic E-state index is 0.0191. The minimum Gasteiger partial charge on any atom is -0.497 e. The molecule has 1 unspecified atom stereocenters. The van der Waals surface area contributed by atoms with Gasteiger partial charge in [0.1, 0.15) is 11.6 Å². The van der Waals surface area contributed by atoms with Crippen LogP contribution >= 0.6 is 27.5 Å². The lowest BCUT2D eigenvalue weighted by atomic mass is 9.96. The van der Waals surface area contributed by atoms with Crippen molar-refractivity contribution in [2.75, 3.05) is 7.11 Å². The van der Waals surface area contributed by atoms with Crippen LogP contribution in [0.25, 0.3) is 0 Å². The molecular weight excluding hydrogens is 489 g/mol. The number of rotatable bonds is 5. The van der Waals surface area contributed by atoms with Gasteiger partial charge in [-0.1, -0.05) is 39.7 Å². The molecular formula is C23H16BrClFNO4. The third kappa shape index (κ3) is 3.91. The topological polar surface area (TPSA) is 66.8 Å². The van der Waals surface area contributed by atoms with E-state index in [-0.39, 0.29) is 23.6 Å². The van der Waals surface area contributed by atoms with Gasteiger partial charge >= 0.3 is 5.97 Å². The standard InChI is InChI=1S/C23H16BrClFNO4/c1-31-15-5-2-12(3-6-15)11-27-21(16-10-14(26)4-7-19(16)25)20-17(22(27)28)8-13(23(29)30)9-18(20)24/h2-10,21H,11H2,1H3,(H,29,30). The molecule has 0 saturated carbocycles. The highest BCUT2D eigenvalue weighted by molar-refractivity contribution is 9.10. The van der Waals surface area contributed by atoms with Crippen molar-refractivity contribution in [2.45, 2.75) is 12.6 Å². The Hall–Kier alpha value is -2.90. The van der Waals surface area contributed by atoms with Crippen molar-refractivity contribution in [3.8, 4) is 5.75 Å². The lowest BCUT2D eigenvalue weighted by Gasteiger charge is -2.27. The SMILES string of the molecule is COc1ccc(CN2C(=O)c3cc(C(=O)O)cc(Br)c3C2c2cc(F)ccc2Cl)cc1. The third-order valence-corrected chi connectivity index (χ3v) is 6.22. The molecule has 0 bridgehead atoms. The number of halogens is 3. The fourth-order valence-corrected chi connectivity index (χ4v) is 4.66. The number of hydrogen-bond donors (Lipinski definition) is 1. The van der Waals surface area contributed by atoms with E-state index in [0.29, 0.717) is 26.4 Å². The van der Waals surface area contributed by atoms with Gasteiger partial charge in [0.05, 0.1) is 18.7 Å². The zero-order chi connectivity index (χ0) is 22.3. The van der Waals surface area contributed by atoms with Gasteiger partial charge in [-0.2, -0.15) is 0 Å². The number of carboxylic acids is 1. The van der Waals surface area contributed by atoms with Crippen molar-refractivity contribution >= 4 is 39.4 Å². The first-order valence-electron chi connectivity index (χ1n) is 9.25. The maximum absolute atomic E-state index is 14.1. The second-order valence-electron chi connectivity index (χ2n) is 7.07. The van der Waals surface area contributed by atoms with E-state index in [2.05, 4.69) is 15.9 Å². The van der Waals surface area contributed by atoms with Crippen molar-refractivity contribution in [2.24, 2.45) is 0 Å². The van der Waals surface area contributed by atoms with Gasteiger partial charge in [-0.25, -0.2) is 9.18 Å². The Kier molecular flexibility index (Phi) is 5.73. The molecule has 1 aliphatic rings. The number of ether oxygens (including phenoxy) is 1. The van der Waals surface area contributed by atoms with Gasteiger partial charge in [0, 0.05) is 32.7 Å². The molecule has 1 atom stereocenters. The number of carbonyl (C=O) groups is 2. The number of fused-ring (bicyclic) bond motifs is 1. The zero-order valence-corrected chi connectivity index (χ0v) is 18.6. The second-order valence-corrected chi connectivity index (χ2v) is 8.34. The molecule has 5 nitrogen and oxygen atoms in total. The van der Waals surface area contributed by atoms with Crippen LogP contribution in [0.5, 0.6) is 5.75 Å². The molecule has 158 valence electrons. The summed E-state index contributed by atoms with van der Waals surface area (Å²) in [6, 6.07) is 13.3. The largest absolute Gasteiger partial charge is 0.497 e. The first-order chi connectivity index (χ1) is 14.8. The molecule has 0 aliphatic carbocycles. The van der Waals surface area contributed by atoms with Crippen molar-refractivity contribution in [1.29, 1.82) is 0 Å². The quantitative estimate of drug-likeness (QED) is 0.484. The van der Waals surface area contributed by atoms with E-state index in [1.807, 2.05) is 12.1 Å². The van der Waals surface area contributed by atoms with Crippen LogP contribution in [0.3, 0.4) is 0 Å². The van der Waals surface area contributed by atoms with E-state index in [0.717, 1.165) is 5.56 Å². The fourth-order valence-electron chi connectivity index (χ4n) is 3.76. The van der Waals surface area contributed by atoms with Gasteiger partial charge in [0.15, 0.2) is 0 Å². The summed E-state index contributed by atoms with van der Waals surface area (Å²) in [5, 5.41) is 9.72. The number of carboxylic acid groups (broad SMARTS) is 1. The van der Waals surface area contributed by atoms with Crippen molar-refractivity contribution < 1.29 is 23.8 Å². The lowest BCUT2D eigenvalue weighted by Crippen LogP contribution is -2.28. The Morgan fingerprint density at radius 2 is 1.90 bits per heavy atom. The highest BCUT2D eigenvalue weighted by Crippen LogP contribution is 2.45. The van der Waals surface area contributed by atoms with Crippen molar-refractivity contribution in [3.05, 3.63) is 97.7 Å². The van der Waals surface area contributed by atoms with Crippen LogP contribution in [0.2, 0.25) is 5.02 Å². The molecule has 0 aromatic heterocycles. The monoisotopic (exact) mass is 503 g/mol. The summed E-state index contributed by atoms with van der Waals surface area (Å²) in [5.74, 6) is -1.31. The van der Waals surface area contributed by atoms with Crippen LogP contribution < -0.4 is 4.74 Å². The van der Waals surface area contributed by atoms with Gasteiger partial charge in [-0.3, -0.25) is 4.79 Å². The summed E-state index contributed by atoms with van der Waals surface area (Å²) in [6.07, 6.45) is 0. The molecule has 1 heterocycles. The maximum atomic E-state index is 14.1. The predicted octanol–water partition coefficient (Wildman–Crippen LogP) is 5.69. The van der Waals surface area contributed by atoms with E-state index >= 15 is 0 Å². The van der Waals surface area contributed by atoms with Crippen molar-refractivity contribution in [1.82, 2.24) is 4.90 Å². The van der Waals surface area contributed by atoms with Crippen LogP contribution in [0.1, 0.15) is 43.4 Å². The Bertz CT molecular complexity index is 1200. The van der Waals surface area contributed by atoms with E-state index in [1.54, 1.807) is 24.1 Å². The number of methoxy groups -OCH3 is 1. The Labute approximate surface area is 191 Å². The smallest absolute Gasteiger partial charge is 0.335 e. The van der Waals surface area contributed by atoms with Crippen LogP contribution in [0.4, 0.5) is 4.39 Å². The molecule has 31 heavy (non-hydrogen) atoms. The molecule has 0 spiro atoms. The Morgan fingerprint density at radius 3 is 2.55 bits per heavy atom. The van der Waals surface area contributed by atoms with Crippen LogP contribution in [0, 0.1) is 5.82 Å². The van der Waals surface area contributed by atoms with E-state index in [1.165, 1.54) is 30.3 Å². The Morgan fingerprint density at radius 1 is 1.19 bits per heavy atom. The summed E-state index contributed by atoms with van der Waals surface area (Å²) < 4.78 is 19.7. The van der Waals surface area contributed by atoms with Crippen molar-refractivity contribution in [3.63, 3.8) is 0 Å². The third-order valence-electron chi connectivity index (χ3n) is 5.22.